The van der Waals surface area contributed by atoms with E-state index >= 15 is 0 Å². The average Bonchev–Trinajstić information content (AvgIpc) is 3.04. The zero-order valence-corrected chi connectivity index (χ0v) is 16.0. The van der Waals surface area contributed by atoms with Crippen LogP contribution in [0.15, 0.2) is 42.5 Å². The van der Waals surface area contributed by atoms with E-state index < -0.39 is 0 Å². The van der Waals surface area contributed by atoms with Crippen molar-refractivity contribution in [1.29, 1.82) is 5.26 Å². The monoisotopic (exact) mass is 362 g/mol. The first-order valence-electron chi connectivity index (χ1n) is 9.04. The topological polar surface area (TPSA) is 36.3 Å². The van der Waals surface area contributed by atoms with Crippen LogP contribution in [0.3, 0.4) is 0 Å². The van der Waals surface area contributed by atoms with Crippen molar-refractivity contribution < 1.29 is 4.74 Å². The molecule has 0 radical (unpaired) electrons. The minimum absolute atomic E-state index is 0.195. The highest BCUT2D eigenvalue weighted by Gasteiger charge is 2.25. The summed E-state index contributed by atoms with van der Waals surface area (Å²) >= 11 is 1.75. The molecule has 1 aromatic heterocycles. The fourth-order valence-corrected chi connectivity index (χ4v) is 5.05. The third kappa shape index (κ3) is 2.98. The van der Waals surface area contributed by atoms with Gasteiger partial charge in [-0.2, -0.15) is 5.26 Å². The fourth-order valence-electron chi connectivity index (χ4n) is 3.80. The second-order valence-electron chi connectivity index (χ2n) is 6.79. The molecule has 0 N–H and O–H groups in total. The molecule has 0 spiro atoms. The van der Waals surface area contributed by atoms with Gasteiger partial charge in [0.15, 0.2) is 0 Å². The van der Waals surface area contributed by atoms with Gasteiger partial charge in [0.05, 0.1) is 18.8 Å². The normalized spacial score (nSPS) is 15.8. The number of benzene rings is 2. The van der Waals surface area contributed by atoms with Crippen molar-refractivity contribution in [3.8, 4) is 6.07 Å². The number of ether oxygens (including phenoxy) is 1. The van der Waals surface area contributed by atoms with Crippen LogP contribution in [0.4, 0.5) is 5.00 Å². The van der Waals surface area contributed by atoms with Gasteiger partial charge in [0, 0.05) is 23.9 Å². The summed E-state index contributed by atoms with van der Waals surface area (Å²) in [6.07, 6.45) is 0. The highest BCUT2D eigenvalue weighted by atomic mass is 32.1. The first-order valence-corrected chi connectivity index (χ1v) is 9.85. The molecule has 1 fully saturated rings. The minimum atomic E-state index is 0.195. The predicted octanol–water partition coefficient (Wildman–Crippen LogP) is 5.07. The Balaban J connectivity index is 1.76. The smallest absolute Gasteiger partial charge is 0.110 e. The zero-order valence-electron chi connectivity index (χ0n) is 15.2. The third-order valence-electron chi connectivity index (χ3n) is 5.23. The fraction of sp³-hybridized carbons (Fsp3) is 0.318. The van der Waals surface area contributed by atoms with Gasteiger partial charge in [-0.3, -0.25) is 0 Å². The molecule has 0 aliphatic carbocycles. The van der Waals surface area contributed by atoms with Gasteiger partial charge < -0.3 is 9.64 Å². The van der Waals surface area contributed by atoms with Crippen molar-refractivity contribution in [1.82, 2.24) is 0 Å². The van der Waals surface area contributed by atoms with Crippen molar-refractivity contribution in [3.63, 3.8) is 0 Å². The van der Waals surface area contributed by atoms with Crippen LogP contribution in [0.2, 0.25) is 0 Å². The van der Waals surface area contributed by atoms with E-state index in [-0.39, 0.29) is 5.92 Å². The number of rotatable bonds is 3. The van der Waals surface area contributed by atoms with Crippen molar-refractivity contribution in [2.75, 3.05) is 31.2 Å². The molecular formula is C22H22N2OS. The van der Waals surface area contributed by atoms with E-state index in [4.69, 9.17) is 4.74 Å². The lowest BCUT2D eigenvalue weighted by atomic mass is 9.89. The molecule has 3 nitrogen and oxygen atoms in total. The molecule has 2 heterocycles. The lowest BCUT2D eigenvalue weighted by Crippen LogP contribution is -2.36. The highest BCUT2D eigenvalue weighted by molar-refractivity contribution is 7.16. The van der Waals surface area contributed by atoms with Gasteiger partial charge in [0.1, 0.15) is 11.1 Å². The van der Waals surface area contributed by atoms with Gasteiger partial charge in [-0.15, -0.1) is 11.3 Å². The zero-order chi connectivity index (χ0) is 18.1. The van der Waals surface area contributed by atoms with E-state index in [1.807, 2.05) is 0 Å². The summed E-state index contributed by atoms with van der Waals surface area (Å²) in [7, 11) is 0. The molecule has 0 saturated carbocycles. The van der Waals surface area contributed by atoms with E-state index in [2.05, 4.69) is 67.3 Å². The van der Waals surface area contributed by atoms with Gasteiger partial charge in [-0.05, 0) is 28.8 Å². The maximum atomic E-state index is 9.91. The van der Waals surface area contributed by atoms with Gasteiger partial charge >= 0.3 is 0 Å². The second kappa shape index (κ2) is 7.11. The molecule has 132 valence electrons. The number of hydrogen-bond acceptors (Lipinski definition) is 4. The number of fused-ring (bicyclic) bond motifs is 1. The van der Waals surface area contributed by atoms with Crippen LogP contribution >= 0.6 is 11.3 Å². The third-order valence-corrected chi connectivity index (χ3v) is 6.41. The maximum Gasteiger partial charge on any atom is 0.110 e. The van der Waals surface area contributed by atoms with E-state index in [0.717, 1.165) is 36.9 Å². The summed E-state index contributed by atoms with van der Waals surface area (Å²) in [5.41, 5.74) is 3.28. The maximum absolute atomic E-state index is 9.91. The van der Waals surface area contributed by atoms with E-state index in [1.54, 1.807) is 11.3 Å². The Labute approximate surface area is 158 Å². The Kier molecular flexibility index (Phi) is 4.67. The number of hydrogen-bond donors (Lipinski definition) is 0. The van der Waals surface area contributed by atoms with Crippen LogP contribution in [-0.2, 0) is 4.74 Å². The van der Waals surface area contributed by atoms with Crippen LogP contribution in [0.5, 0.6) is 0 Å². The van der Waals surface area contributed by atoms with Crippen molar-refractivity contribution in [2.24, 2.45) is 0 Å². The summed E-state index contributed by atoms with van der Waals surface area (Å²) in [6, 6.07) is 17.6. The van der Waals surface area contributed by atoms with Crippen molar-refractivity contribution in [2.45, 2.75) is 19.8 Å². The first-order chi connectivity index (χ1) is 12.7. The summed E-state index contributed by atoms with van der Waals surface area (Å²) in [6.45, 7) is 7.54. The second-order valence-corrected chi connectivity index (χ2v) is 7.99. The standard InChI is InChI=1S/C22H22N2OS/c1-15(18-8-7-17-5-3-4-6-19(17)13-18)21-16(2)26-22(20(21)14-23)24-9-11-25-12-10-24/h3-8,13,15H,9-12H2,1-2H3. The number of nitrogens with zero attached hydrogens (tertiary/aromatic N) is 2. The van der Waals surface area contributed by atoms with Gasteiger partial charge in [0.2, 0.25) is 0 Å². The molecular weight excluding hydrogens is 340 g/mol. The molecule has 1 atom stereocenters. The Bertz CT molecular complexity index is 979. The van der Waals surface area contributed by atoms with Gasteiger partial charge in [0.25, 0.3) is 0 Å². The molecule has 4 rings (SSSR count). The number of anilines is 1. The number of morpholine rings is 1. The van der Waals surface area contributed by atoms with Crippen LogP contribution < -0.4 is 4.90 Å². The van der Waals surface area contributed by atoms with Gasteiger partial charge in [-0.1, -0.05) is 49.4 Å². The summed E-state index contributed by atoms with van der Waals surface area (Å²) in [4.78, 5) is 3.54. The average molecular weight is 362 g/mol. The Hall–Kier alpha value is -2.35. The van der Waals surface area contributed by atoms with Crippen molar-refractivity contribution >= 4 is 27.1 Å². The van der Waals surface area contributed by atoms with Crippen LogP contribution in [0.25, 0.3) is 10.8 Å². The molecule has 1 saturated heterocycles. The van der Waals surface area contributed by atoms with Gasteiger partial charge in [-0.25, -0.2) is 0 Å². The first kappa shape index (κ1) is 17.1. The molecule has 0 bridgehead atoms. The predicted molar refractivity (Wildman–Crippen MR) is 108 cm³/mol. The lowest BCUT2D eigenvalue weighted by Gasteiger charge is -2.27. The summed E-state index contributed by atoms with van der Waals surface area (Å²) in [5.74, 6) is 0.195. The largest absolute Gasteiger partial charge is 0.378 e. The summed E-state index contributed by atoms with van der Waals surface area (Å²) < 4.78 is 5.47. The van der Waals surface area contributed by atoms with Crippen LogP contribution in [-0.4, -0.2) is 26.3 Å². The Morgan fingerprint density at radius 3 is 2.58 bits per heavy atom. The molecule has 1 aliphatic rings. The summed E-state index contributed by atoms with van der Waals surface area (Å²) in [5, 5.41) is 13.5. The van der Waals surface area contributed by atoms with E-state index in [0.29, 0.717) is 0 Å². The quantitative estimate of drug-likeness (QED) is 0.653. The molecule has 2 aromatic carbocycles. The molecule has 4 heteroatoms. The minimum Gasteiger partial charge on any atom is -0.378 e. The molecule has 0 amide bonds. The number of aryl methyl sites for hydroxylation is 1. The molecule has 26 heavy (non-hydrogen) atoms. The molecule has 3 aromatic rings. The van der Waals surface area contributed by atoms with Crippen LogP contribution in [0.1, 0.15) is 34.4 Å². The Morgan fingerprint density at radius 1 is 1.12 bits per heavy atom. The number of nitriles is 1. The Morgan fingerprint density at radius 2 is 1.85 bits per heavy atom. The highest BCUT2D eigenvalue weighted by Crippen LogP contribution is 2.41. The lowest BCUT2D eigenvalue weighted by molar-refractivity contribution is 0.123. The number of thiophene rings is 1. The van der Waals surface area contributed by atoms with E-state index in [9.17, 15) is 5.26 Å². The van der Waals surface area contributed by atoms with E-state index in [1.165, 1.54) is 26.8 Å². The molecule has 1 unspecified atom stereocenters. The van der Waals surface area contributed by atoms with Crippen molar-refractivity contribution in [3.05, 3.63) is 64.0 Å². The molecule has 1 aliphatic heterocycles. The SMILES string of the molecule is Cc1sc(N2CCOCC2)c(C#N)c1C(C)c1ccc2ccccc2c1. The van der Waals surface area contributed by atoms with Crippen LogP contribution in [0, 0.1) is 18.3 Å².